The van der Waals surface area contributed by atoms with E-state index in [4.69, 9.17) is 8.60 Å². The Hall–Kier alpha value is -4.65. The molecule has 0 atom stereocenters. The third-order valence-electron chi connectivity index (χ3n) is 5.79. The van der Waals surface area contributed by atoms with E-state index in [-0.39, 0.29) is 30.1 Å². The largest absolute Gasteiger partial charge is 0.467 e. The number of aryl methyl sites for hydroxylation is 1. The van der Waals surface area contributed by atoms with E-state index in [1.807, 2.05) is 0 Å². The van der Waals surface area contributed by atoms with Crippen molar-refractivity contribution in [3.63, 3.8) is 0 Å². The summed E-state index contributed by atoms with van der Waals surface area (Å²) in [5, 5.41) is 11.4. The smallest absolute Gasteiger partial charge is 0.416 e. The fourth-order valence-electron chi connectivity index (χ4n) is 3.83. The van der Waals surface area contributed by atoms with Gasteiger partial charge in [-0.2, -0.15) is 21.6 Å². The lowest BCUT2D eigenvalue weighted by molar-refractivity contribution is -0.385. The van der Waals surface area contributed by atoms with Crippen LogP contribution in [0.2, 0.25) is 0 Å². The number of rotatable bonds is 9. The van der Waals surface area contributed by atoms with Crippen molar-refractivity contribution in [1.82, 2.24) is 4.90 Å². The zero-order chi connectivity index (χ0) is 29.1. The normalized spacial score (nSPS) is 11.7. The SMILES string of the molecule is Cc1ccc(C(=O)N(Cc2cccc(OS(=O)(=O)c3cccc(C(F)(F)F)c3)c2)Cc2ccco2)cc1[N+](=O)[O-]. The highest BCUT2D eigenvalue weighted by molar-refractivity contribution is 7.87. The highest BCUT2D eigenvalue weighted by atomic mass is 32.2. The first-order valence-corrected chi connectivity index (χ1v) is 13.0. The van der Waals surface area contributed by atoms with Gasteiger partial charge in [0.1, 0.15) is 16.4 Å². The molecule has 4 aromatic rings. The lowest BCUT2D eigenvalue weighted by atomic mass is 10.1. The van der Waals surface area contributed by atoms with E-state index in [2.05, 4.69) is 0 Å². The summed E-state index contributed by atoms with van der Waals surface area (Å²) in [6.07, 6.45) is -3.32. The minimum atomic E-state index is -4.74. The molecule has 0 aliphatic heterocycles. The molecule has 0 saturated heterocycles. The minimum absolute atomic E-state index is 0.0128. The van der Waals surface area contributed by atoms with E-state index in [1.54, 1.807) is 25.1 Å². The van der Waals surface area contributed by atoms with Crippen molar-refractivity contribution in [3.8, 4) is 5.75 Å². The Kier molecular flexibility index (Phi) is 7.96. The average Bonchev–Trinajstić information content (AvgIpc) is 3.41. The number of benzene rings is 3. The number of carbonyl (C=O) groups is 1. The van der Waals surface area contributed by atoms with Crippen molar-refractivity contribution in [3.05, 3.63) is 123 Å². The van der Waals surface area contributed by atoms with E-state index in [1.165, 1.54) is 47.6 Å². The molecule has 0 aliphatic rings. The predicted octanol–water partition coefficient (Wildman–Crippen LogP) is 6.13. The maximum Gasteiger partial charge on any atom is 0.416 e. The number of nitro groups is 1. The van der Waals surface area contributed by atoms with Gasteiger partial charge in [0, 0.05) is 23.7 Å². The molecule has 0 bridgehead atoms. The summed E-state index contributed by atoms with van der Waals surface area (Å²) in [4.78, 5) is 24.9. The fraction of sp³-hybridized carbons (Fsp3) is 0.148. The van der Waals surface area contributed by atoms with E-state index in [0.29, 0.717) is 23.0 Å². The summed E-state index contributed by atoms with van der Waals surface area (Å²) in [6, 6.07) is 16.2. The van der Waals surface area contributed by atoms with Crippen LogP contribution in [0.15, 0.2) is 94.4 Å². The van der Waals surface area contributed by atoms with E-state index in [0.717, 1.165) is 18.2 Å². The molecule has 4 rings (SSSR count). The summed E-state index contributed by atoms with van der Waals surface area (Å²) < 4.78 is 75.0. The van der Waals surface area contributed by atoms with Crippen molar-refractivity contribution in [2.75, 3.05) is 0 Å². The van der Waals surface area contributed by atoms with Crippen LogP contribution in [0.25, 0.3) is 0 Å². The summed E-state index contributed by atoms with van der Waals surface area (Å²) in [5.41, 5.74) is -0.513. The molecule has 9 nitrogen and oxygen atoms in total. The van der Waals surface area contributed by atoms with Crippen molar-refractivity contribution in [2.45, 2.75) is 31.1 Å². The molecular formula is C27H21F3N2O7S. The van der Waals surface area contributed by atoms with Crippen LogP contribution in [-0.4, -0.2) is 24.1 Å². The number of halogens is 3. The predicted molar refractivity (Wildman–Crippen MR) is 136 cm³/mol. The number of nitro benzene ring substituents is 1. The Morgan fingerprint density at radius 2 is 1.75 bits per heavy atom. The van der Waals surface area contributed by atoms with Crippen LogP contribution in [0, 0.1) is 17.0 Å². The standard InChI is InChI=1S/C27H21F3N2O7S/c1-18-10-11-20(14-25(18)32(34)35)26(33)31(17-23-8-4-12-38-23)16-19-5-2-7-22(13-19)39-40(36,37)24-9-3-6-21(15-24)27(28,29)30/h2-15H,16-17H2,1H3. The van der Waals surface area contributed by atoms with Gasteiger partial charge in [-0.25, -0.2) is 0 Å². The molecule has 0 fully saturated rings. The number of alkyl halides is 3. The van der Waals surface area contributed by atoms with Gasteiger partial charge in [0.15, 0.2) is 0 Å². The Labute approximate surface area is 226 Å². The Bertz CT molecular complexity index is 1650. The van der Waals surface area contributed by atoms with Gasteiger partial charge in [-0.05, 0) is 61.0 Å². The molecule has 208 valence electrons. The van der Waals surface area contributed by atoms with Gasteiger partial charge in [-0.3, -0.25) is 14.9 Å². The monoisotopic (exact) mass is 574 g/mol. The quantitative estimate of drug-likeness (QED) is 0.134. The van der Waals surface area contributed by atoms with Gasteiger partial charge >= 0.3 is 16.3 Å². The molecule has 0 unspecified atom stereocenters. The lowest BCUT2D eigenvalue weighted by Crippen LogP contribution is -2.30. The molecule has 1 aromatic heterocycles. The first-order chi connectivity index (χ1) is 18.8. The number of furan rings is 1. The van der Waals surface area contributed by atoms with Gasteiger partial charge in [0.25, 0.3) is 11.6 Å². The Morgan fingerprint density at radius 3 is 2.42 bits per heavy atom. The zero-order valence-corrected chi connectivity index (χ0v) is 21.6. The third kappa shape index (κ3) is 6.67. The molecule has 0 aliphatic carbocycles. The van der Waals surface area contributed by atoms with Crippen LogP contribution in [0.1, 0.15) is 32.8 Å². The van der Waals surface area contributed by atoms with Crippen molar-refractivity contribution < 1.29 is 39.9 Å². The Balaban J connectivity index is 1.61. The highest BCUT2D eigenvalue weighted by Crippen LogP contribution is 2.31. The van der Waals surface area contributed by atoms with Crippen LogP contribution >= 0.6 is 0 Å². The number of hydrogen-bond donors (Lipinski definition) is 0. The van der Waals surface area contributed by atoms with Crippen molar-refractivity contribution in [2.24, 2.45) is 0 Å². The third-order valence-corrected chi connectivity index (χ3v) is 7.04. The fourth-order valence-corrected chi connectivity index (χ4v) is 4.80. The summed E-state index contributed by atoms with van der Waals surface area (Å²) in [7, 11) is -4.62. The highest BCUT2D eigenvalue weighted by Gasteiger charge is 2.32. The van der Waals surface area contributed by atoms with Gasteiger partial charge in [-0.15, -0.1) is 0 Å². The first kappa shape index (κ1) is 28.4. The molecule has 40 heavy (non-hydrogen) atoms. The van der Waals surface area contributed by atoms with Gasteiger partial charge in [0.2, 0.25) is 0 Å². The van der Waals surface area contributed by atoms with Crippen LogP contribution < -0.4 is 4.18 Å². The Morgan fingerprint density at radius 1 is 1.00 bits per heavy atom. The number of carbonyl (C=O) groups excluding carboxylic acids is 1. The molecule has 1 heterocycles. The van der Waals surface area contributed by atoms with Gasteiger partial charge < -0.3 is 13.5 Å². The topological polar surface area (TPSA) is 120 Å². The molecule has 3 aromatic carbocycles. The van der Waals surface area contributed by atoms with E-state index >= 15 is 0 Å². The second kappa shape index (κ2) is 11.2. The maximum absolute atomic E-state index is 13.4. The van der Waals surface area contributed by atoms with E-state index < -0.39 is 37.6 Å². The summed E-state index contributed by atoms with van der Waals surface area (Å²) in [6.45, 7) is 1.45. The number of amides is 1. The molecule has 0 N–H and O–H groups in total. The number of nitrogens with zero attached hydrogens (tertiary/aromatic N) is 2. The van der Waals surface area contributed by atoms with Crippen molar-refractivity contribution in [1.29, 1.82) is 0 Å². The average molecular weight is 575 g/mol. The minimum Gasteiger partial charge on any atom is -0.467 e. The van der Waals surface area contributed by atoms with Crippen LogP contribution in [0.5, 0.6) is 5.75 Å². The van der Waals surface area contributed by atoms with Crippen molar-refractivity contribution >= 4 is 21.7 Å². The molecule has 1 amide bonds. The number of hydrogen-bond acceptors (Lipinski definition) is 7. The van der Waals surface area contributed by atoms with Gasteiger partial charge in [-0.1, -0.05) is 24.3 Å². The van der Waals surface area contributed by atoms with Crippen LogP contribution in [0.4, 0.5) is 18.9 Å². The first-order valence-electron chi connectivity index (χ1n) is 11.6. The molecule has 0 radical (unpaired) electrons. The molecule has 0 spiro atoms. The second-order valence-corrected chi connectivity index (χ2v) is 10.3. The molecule has 0 saturated carbocycles. The summed E-state index contributed by atoms with van der Waals surface area (Å²) in [5.74, 6) is -0.316. The summed E-state index contributed by atoms with van der Waals surface area (Å²) >= 11 is 0. The van der Waals surface area contributed by atoms with E-state index in [9.17, 15) is 36.5 Å². The molecule has 13 heteroatoms. The second-order valence-electron chi connectivity index (χ2n) is 8.71. The zero-order valence-electron chi connectivity index (χ0n) is 20.8. The lowest BCUT2D eigenvalue weighted by Gasteiger charge is -2.22. The van der Waals surface area contributed by atoms with Crippen LogP contribution in [-0.2, 0) is 29.4 Å². The maximum atomic E-state index is 13.4. The van der Waals surface area contributed by atoms with Crippen LogP contribution in [0.3, 0.4) is 0 Å². The van der Waals surface area contributed by atoms with Gasteiger partial charge in [0.05, 0.1) is 23.3 Å². The molecular weight excluding hydrogens is 553 g/mol.